The van der Waals surface area contributed by atoms with Gasteiger partial charge in [-0.1, -0.05) is 36.4 Å². The first-order chi connectivity index (χ1) is 11.3. The summed E-state index contributed by atoms with van der Waals surface area (Å²) in [6.45, 7) is 16.5. The highest BCUT2D eigenvalue weighted by molar-refractivity contribution is 5.68. The quantitative estimate of drug-likeness (QED) is 0.756. The third kappa shape index (κ3) is 7.18. The van der Waals surface area contributed by atoms with E-state index < -0.39 is 5.60 Å². The SMILES string of the molecule is C=CC.C[C@H]1CN(Cc2ccccc2)CCN1C(=O)OC(C)(C)C. The summed E-state index contributed by atoms with van der Waals surface area (Å²) >= 11 is 0. The number of ether oxygens (including phenoxy) is 1. The molecule has 0 N–H and O–H groups in total. The number of amides is 1. The lowest BCUT2D eigenvalue weighted by Crippen LogP contribution is -2.54. The van der Waals surface area contributed by atoms with Crippen LogP contribution in [0.25, 0.3) is 0 Å². The van der Waals surface area contributed by atoms with Crippen LogP contribution >= 0.6 is 0 Å². The second kappa shape index (κ2) is 9.48. The fourth-order valence-electron chi connectivity index (χ4n) is 2.61. The van der Waals surface area contributed by atoms with E-state index in [1.165, 1.54) is 5.56 Å². The van der Waals surface area contributed by atoms with Crippen LogP contribution in [0.1, 0.15) is 40.2 Å². The second-order valence-corrected chi connectivity index (χ2v) is 7.15. The van der Waals surface area contributed by atoms with Gasteiger partial charge in [-0.3, -0.25) is 4.90 Å². The van der Waals surface area contributed by atoms with Gasteiger partial charge in [0.1, 0.15) is 5.60 Å². The maximum absolute atomic E-state index is 12.2. The normalized spacial score (nSPS) is 18.4. The number of carbonyl (C=O) groups is 1. The fourth-order valence-corrected chi connectivity index (χ4v) is 2.61. The zero-order chi connectivity index (χ0) is 18.2. The molecule has 1 amide bonds. The van der Waals surface area contributed by atoms with E-state index in [9.17, 15) is 4.79 Å². The van der Waals surface area contributed by atoms with Crippen molar-refractivity contribution in [1.29, 1.82) is 0 Å². The molecule has 1 atom stereocenters. The topological polar surface area (TPSA) is 32.8 Å². The summed E-state index contributed by atoms with van der Waals surface area (Å²) in [5, 5.41) is 0. The summed E-state index contributed by atoms with van der Waals surface area (Å²) in [4.78, 5) is 16.4. The molecule has 1 aliphatic heterocycles. The van der Waals surface area contributed by atoms with Crippen molar-refractivity contribution < 1.29 is 9.53 Å². The molecule has 1 aromatic rings. The molecular weight excluding hydrogens is 300 g/mol. The molecule has 0 spiro atoms. The van der Waals surface area contributed by atoms with Gasteiger partial charge in [0.25, 0.3) is 0 Å². The van der Waals surface area contributed by atoms with Crippen LogP contribution in [0.2, 0.25) is 0 Å². The second-order valence-electron chi connectivity index (χ2n) is 7.15. The third-order valence-electron chi connectivity index (χ3n) is 3.59. The average molecular weight is 332 g/mol. The van der Waals surface area contributed by atoms with Gasteiger partial charge in [0.15, 0.2) is 0 Å². The monoisotopic (exact) mass is 332 g/mol. The van der Waals surface area contributed by atoms with Crippen molar-refractivity contribution in [2.24, 2.45) is 0 Å². The zero-order valence-electron chi connectivity index (χ0n) is 15.8. The van der Waals surface area contributed by atoms with E-state index >= 15 is 0 Å². The summed E-state index contributed by atoms with van der Waals surface area (Å²) < 4.78 is 5.47. The Labute approximate surface area is 147 Å². The van der Waals surface area contributed by atoms with Crippen LogP contribution in [-0.4, -0.2) is 47.2 Å². The number of rotatable bonds is 2. The molecule has 1 aromatic carbocycles. The Morgan fingerprint density at radius 1 is 1.29 bits per heavy atom. The molecule has 0 aromatic heterocycles. The average Bonchev–Trinajstić information content (AvgIpc) is 2.47. The number of carbonyl (C=O) groups excluding carboxylic acids is 1. The highest BCUT2D eigenvalue weighted by atomic mass is 16.6. The number of piperazine rings is 1. The van der Waals surface area contributed by atoms with E-state index in [4.69, 9.17) is 4.74 Å². The van der Waals surface area contributed by atoms with Crippen LogP contribution in [0.4, 0.5) is 4.79 Å². The van der Waals surface area contributed by atoms with Gasteiger partial charge in [0, 0.05) is 32.2 Å². The fraction of sp³-hybridized carbons (Fsp3) is 0.550. The first-order valence-electron chi connectivity index (χ1n) is 8.59. The number of hydrogen-bond acceptors (Lipinski definition) is 3. The maximum atomic E-state index is 12.2. The number of hydrogen-bond donors (Lipinski definition) is 0. The molecule has 24 heavy (non-hydrogen) atoms. The van der Waals surface area contributed by atoms with Gasteiger partial charge in [-0.2, -0.15) is 0 Å². The molecule has 1 heterocycles. The van der Waals surface area contributed by atoms with Crippen molar-refractivity contribution in [3.05, 3.63) is 48.6 Å². The maximum Gasteiger partial charge on any atom is 0.410 e. The predicted molar refractivity (Wildman–Crippen MR) is 100.0 cm³/mol. The van der Waals surface area contributed by atoms with Gasteiger partial charge >= 0.3 is 6.09 Å². The lowest BCUT2D eigenvalue weighted by molar-refractivity contribution is 0.000563. The van der Waals surface area contributed by atoms with Crippen LogP contribution in [-0.2, 0) is 11.3 Å². The van der Waals surface area contributed by atoms with Crippen molar-refractivity contribution in [3.8, 4) is 0 Å². The van der Waals surface area contributed by atoms with Crippen molar-refractivity contribution in [1.82, 2.24) is 9.80 Å². The van der Waals surface area contributed by atoms with E-state index in [1.54, 1.807) is 6.08 Å². The first-order valence-corrected chi connectivity index (χ1v) is 8.59. The van der Waals surface area contributed by atoms with Crippen molar-refractivity contribution in [2.45, 2.75) is 52.8 Å². The molecule has 0 saturated carbocycles. The van der Waals surface area contributed by atoms with E-state index in [0.717, 1.165) is 26.2 Å². The van der Waals surface area contributed by atoms with E-state index in [2.05, 4.69) is 42.7 Å². The van der Waals surface area contributed by atoms with Crippen LogP contribution in [0.5, 0.6) is 0 Å². The molecule has 1 saturated heterocycles. The lowest BCUT2D eigenvalue weighted by Gasteiger charge is -2.40. The Bertz CT molecular complexity index is 508. The largest absolute Gasteiger partial charge is 0.444 e. The van der Waals surface area contributed by atoms with Gasteiger partial charge in [-0.15, -0.1) is 6.58 Å². The molecule has 0 unspecified atom stereocenters. The molecule has 0 aliphatic carbocycles. The summed E-state index contributed by atoms with van der Waals surface area (Å²) in [6.07, 6.45) is 1.55. The number of benzene rings is 1. The molecule has 4 nitrogen and oxygen atoms in total. The van der Waals surface area contributed by atoms with Crippen molar-refractivity contribution in [3.63, 3.8) is 0 Å². The molecule has 0 radical (unpaired) electrons. The Morgan fingerprint density at radius 3 is 2.38 bits per heavy atom. The molecule has 0 bridgehead atoms. The summed E-state index contributed by atoms with van der Waals surface area (Å²) in [5.41, 5.74) is 0.883. The molecule has 1 fully saturated rings. The van der Waals surface area contributed by atoms with Crippen molar-refractivity contribution >= 4 is 6.09 Å². The molecule has 1 aliphatic rings. The van der Waals surface area contributed by atoms with Gasteiger partial charge in [-0.05, 0) is 40.2 Å². The van der Waals surface area contributed by atoms with E-state index in [1.807, 2.05) is 38.7 Å². The minimum Gasteiger partial charge on any atom is -0.444 e. The molecule has 4 heteroatoms. The highest BCUT2D eigenvalue weighted by Crippen LogP contribution is 2.17. The standard InChI is InChI=1S/C17H26N2O2.C3H6/c1-14-12-18(13-15-8-6-5-7-9-15)10-11-19(14)16(20)21-17(2,3)4;1-3-2/h5-9,14H,10-13H2,1-4H3;3H,1H2,2H3/t14-;/m0./s1. The lowest BCUT2D eigenvalue weighted by atomic mass is 10.1. The smallest absolute Gasteiger partial charge is 0.410 e. The van der Waals surface area contributed by atoms with E-state index in [-0.39, 0.29) is 12.1 Å². The first kappa shape index (κ1) is 20.2. The number of allylic oxidation sites excluding steroid dienone is 1. The van der Waals surface area contributed by atoms with Crippen molar-refractivity contribution in [2.75, 3.05) is 19.6 Å². The van der Waals surface area contributed by atoms with Crippen LogP contribution in [0, 0.1) is 0 Å². The summed E-state index contributed by atoms with van der Waals surface area (Å²) in [6, 6.07) is 10.6. The van der Waals surface area contributed by atoms with Gasteiger partial charge in [-0.25, -0.2) is 4.79 Å². The Morgan fingerprint density at radius 2 is 1.88 bits per heavy atom. The summed E-state index contributed by atoms with van der Waals surface area (Å²) in [5.74, 6) is 0. The molecule has 134 valence electrons. The minimum absolute atomic E-state index is 0.178. The Hall–Kier alpha value is -1.81. The Balaban J connectivity index is 0.000000891. The van der Waals surface area contributed by atoms with Crippen LogP contribution in [0.15, 0.2) is 43.0 Å². The highest BCUT2D eigenvalue weighted by Gasteiger charge is 2.30. The molecular formula is C20H32N2O2. The Kier molecular flexibility index (Phi) is 7.99. The van der Waals surface area contributed by atoms with Crippen LogP contribution in [0.3, 0.4) is 0 Å². The van der Waals surface area contributed by atoms with Gasteiger partial charge < -0.3 is 9.64 Å². The van der Waals surface area contributed by atoms with Crippen LogP contribution < -0.4 is 0 Å². The third-order valence-corrected chi connectivity index (χ3v) is 3.59. The number of nitrogens with zero attached hydrogens (tertiary/aromatic N) is 2. The van der Waals surface area contributed by atoms with Gasteiger partial charge in [0.2, 0.25) is 0 Å². The van der Waals surface area contributed by atoms with E-state index in [0.29, 0.717) is 0 Å². The summed E-state index contributed by atoms with van der Waals surface area (Å²) in [7, 11) is 0. The molecule has 2 rings (SSSR count). The predicted octanol–water partition coefficient (Wildman–Crippen LogP) is 4.32. The minimum atomic E-state index is -0.433. The van der Waals surface area contributed by atoms with Gasteiger partial charge in [0.05, 0.1) is 0 Å². The zero-order valence-corrected chi connectivity index (χ0v) is 15.8.